The molecule has 2 N–H and O–H groups in total. The van der Waals surface area contributed by atoms with Gasteiger partial charge < -0.3 is 10.6 Å². The van der Waals surface area contributed by atoms with Crippen LogP contribution in [0.3, 0.4) is 0 Å². The fraction of sp³-hybridized carbons (Fsp3) is 0.765. The van der Waals surface area contributed by atoms with E-state index in [0.29, 0.717) is 31.3 Å². The van der Waals surface area contributed by atoms with E-state index in [1.165, 1.54) is 4.88 Å². The first-order chi connectivity index (χ1) is 11.7. The van der Waals surface area contributed by atoms with Crippen molar-refractivity contribution in [3.05, 3.63) is 15.6 Å². The van der Waals surface area contributed by atoms with E-state index in [1.54, 1.807) is 18.4 Å². The first-order valence-electron chi connectivity index (χ1n) is 8.70. The van der Waals surface area contributed by atoms with E-state index >= 15 is 0 Å². The highest BCUT2D eigenvalue weighted by molar-refractivity contribution is 14.0. The van der Waals surface area contributed by atoms with Gasteiger partial charge in [-0.1, -0.05) is 13.8 Å². The summed E-state index contributed by atoms with van der Waals surface area (Å²) in [6, 6.07) is 0.0362. The lowest BCUT2D eigenvalue weighted by molar-refractivity contribution is -0.182. The topological polar surface area (TPSA) is 49.3 Å². The van der Waals surface area contributed by atoms with Crippen molar-refractivity contribution in [2.24, 2.45) is 10.9 Å². The SMILES string of the molecule is CN=C(NCc1nc(C(C)C)c(C)s1)NC1CCC(C(F)(F)F)CC1.I. The molecule has 0 aliphatic heterocycles. The van der Waals surface area contributed by atoms with E-state index in [9.17, 15) is 13.2 Å². The van der Waals surface area contributed by atoms with Crippen molar-refractivity contribution in [1.29, 1.82) is 0 Å². The normalized spacial score (nSPS) is 21.5. The molecule has 1 fully saturated rings. The molecular weight excluding hydrogens is 476 g/mol. The van der Waals surface area contributed by atoms with Crippen molar-refractivity contribution >= 4 is 41.3 Å². The molecule has 4 nitrogen and oxygen atoms in total. The summed E-state index contributed by atoms with van der Waals surface area (Å²) in [5.74, 6) is -0.145. The predicted molar refractivity (Wildman–Crippen MR) is 111 cm³/mol. The molecule has 1 aromatic heterocycles. The van der Waals surface area contributed by atoms with Crippen LogP contribution in [0.25, 0.3) is 0 Å². The monoisotopic (exact) mass is 504 g/mol. The number of aryl methyl sites for hydroxylation is 1. The lowest BCUT2D eigenvalue weighted by atomic mass is 9.85. The summed E-state index contributed by atoms with van der Waals surface area (Å²) >= 11 is 1.66. The molecule has 1 aliphatic carbocycles. The van der Waals surface area contributed by atoms with E-state index in [1.807, 2.05) is 0 Å². The third-order valence-corrected chi connectivity index (χ3v) is 5.57. The number of nitrogens with one attached hydrogen (secondary N) is 2. The van der Waals surface area contributed by atoms with Crippen LogP contribution in [0.2, 0.25) is 0 Å². The smallest absolute Gasteiger partial charge is 0.354 e. The van der Waals surface area contributed by atoms with Crippen molar-refractivity contribution in [1.82, 2.24) is 15.6 Å². The zero-order valence-corrected chi connectivity index (χ0v) is 18.8. The number of hydrogen-bond donors (Lipinski definition) is 2. The predicted octanol–water partition coefficient (Wildman–Crippen LogP) is 4.98. The zero-order valence-electron chi connectivity index (χ0n) is 15.6. The van der Waals surface area contributed by atoms with Gasteiger partial charge in [-0.15, -0.1) is 35.3 Å². The molecule has 0 spiro atoms. The lowest BCUT2D eigenvalue weighted by Crippen LogP contribution is -2.45. The van der Waals surface area contributed by atoms with Crippen molar-refractivity contribution in [3.8, 4) is 0 Å². The number of thiazole rings is 1. The van der Waals surface area contributed by atoms with E-state index in [2.05, 4.69) is 41.4 Å². The largest absolute Gasteiger partial charge is 0.391 e. The minimum absolute atomic E-state index is 0. The molecule has 0 unspecified atom stereocenters. The summed E-state index contributed by atoms with van der Waals surface area (Å²) in [6.07, 6.45) is -2.68. The molecular formula is C17H28F3IN4S. The number of rotatable bonds is 4. The first kappa shape index (κ1) is 23.5. The van der Waals surface area contributed by atoms with Gasteiger partial charge in [0.25, 0.3) is 0 Å². The van der Waals surface area contributed by atoms with Gasteiger partial charge in [0.15, 0.2) is 5.96 Å². The summed E-state index contributed by atoms with van der Waals surface area (Å²) in [7, 11) is 1.67. The van der Waals surface area contributed by atoms with E-state index in [4.69, 9.17) is 0 Å². The third kappa shape index (κ3) is 6.54. The van der Waals surface area contributed by atoms with Gasteiger partial charge in [-0.3, -0.25) is 4.99 Å². The van der Waals surface area contributed by atoms with Gasteiger partial charge in [0.2, 0.25) is 0 Å². The summed E-state index contributed by atoms with van der Waals surface area (Å²) in [5, 5.41) is 7.45. The maximum atomic E-state index is 12.7. The second-order valence-corrected chi connectivity index (χ2v) is 8.15. The molecule has 0 aromatic carbocycles. The Hall–Kier alpha value is -0.580. The Morgan fingerprint density at radius 2 is 1.88 bits per heavy atom. The molecule has 150 valence electrons. The van der Waals surface area contributed by atoms with Crippen LogP contribution in [-0.4, -0.2) is 30.2 Å². The minimum Gasteiger partial charge on any atom is -0.354 e. The number of guanidine groups is 1. The molecule has 0 bridgehead atoms. The molecule has 1 heterocycles. The molecule has 2 rings (SSSR count). The fourth-order valence-corrected chi connectivity index (χ4v) is 4.22. The molecule has 0 atom stereocenters. The highest BCUT2D eigenvalue weighted by Crippen LogP contribution is 2.37. The van der Waals surface area contributed by atoms with Gasteiger partial charge in [-0.05, 0) is 38.5 Å². The van der Waals surface area contributed by atoms with Crippen LogP contribution in [0.5, 0.6) is 0 Å². The highest BCUT2D eigenvalue weighted by atomic mass is 127. The Balaban J connectivity index is 0.00000338. The van der Waals surface area contributed by atoms with Crippen molar-refractivity contribution in [3.63, 3.8) is 0 Å². The highest BCUT2D eigenvalue weighted by Gasteiger charge is 2.41. The van der Waals surface area contributed by atoms with E-state index in [-0.39, 0.29) is 42.9 Å². The molecule has 0 saturated heterocycles. The Kier molecular flexibility index (Phi) is 9.11. The summed E-state index contributed by atoms with van der Waals surface area (Å²) in [5.41, 5.74) is 1.12. The number of aromatic nitrogens is 1. The van der Waals surface area contributed by atoms with Crippen LogP contribution in [0, 0.1) is 12.8 Å². The maximum absolute atomic E-state index is 12.7. The van der Waals surface area contributed by atoms with Crippen LogP contribution in [0.4, 0.5) is 13.2 Å². The van der Waals surface area contributed by atoms with Crippen LogP contribution in [-0.2, 0) is 6.54 Å². The molecule has 1 aliphatic rings. The number of halogens is 4. The number of aliphatic imine (C=N–C) groups is 1. The fourth-order valence-electron chi connectivity index (χ4n) is 3.19. The number of alkyl halides is 3. The summed E-state index contributed by atoms with van der Waals surface area (Å²) in [4.78, 5) is 10.0. The third-order valence-electron chi connectivity index (χ3n) is 4.59. The van der Waals surface area contributed by atoms with Gasteiger partial charge in [0.1, 0.15) is 5.01 Å². The number of nitrogens with zero attached hydrogens (tertiary/aromatic N) is 2. The van der Waals surface area contributed by atoms with Crippen LogP contribution in [0.1, 0.15) is 61.0 Å². The van der Waals surface area contributed by atoms with Crippen molar-refractivity contribution in [2.75, 3.05) is 7.05 Å². The Labute approximate surface area is 174 Å². The second kappa shape index (κ2) is 10.1. The average molecular weight is 504 g/mol. The molecule has 1 aromatic rings. The van der Waals surface area contributed by atoms with Gasteiger partial charge in [-0.25, -0.2) is 4.98 Å². The van der Waals surface area contributed by atoms with Crippen LogP contribution < -0.4 is 10.6 Å². The Morgan fingerprint density at radius 3 is 2.35 bits per heavy atom. The molecule has 0 amide bonds. The van der Waals surface area contributed by atoms with E-state index < -0.39 is 12.1 Å². The standard InChI is InChI=1S/C17H27F3N4S.HI/c1-10(2)15-11(3)25-14(24-15)9-22-16(21-4)23-13-7-5-12(6-8-13)17(18,19)20;/h10,12-13H,5-9H2,1-4H3,(H2,21,22,23);1H. The Bertz CT molecular complexity index is 593. The maximum Gasteiger partial charge on any atom is 0.391 e. The van der Waals surface area contributed by atoms with Crippen molar-refractivity contribution < 1.29 is 13.2 Å². The molecule has 1 saturated carbocycles. The molecule has 0 radical (unpaired) electrons. The van der Waals surface area contributed by atoms with Crippen molar-refractivity contribution in [2.45, 2.75) is 71.1 Å². The lowest BCUT2D eigenvalue weighted by Gasteiger charge is -2.31. The summed E-state index contributed by atoms with van der Waals surface area (Å²) < 4.78 is 38.2. The van der Waals surface area contributed by atoms with Crippen LogP contribution in [0.15, 0.2) is 4.99 Å². The minimum atomic E-state index is -4.07. The van der Waals surface area contributed by atoms with Gasteiger partial charge in [0, 0.05) is 18.0 Å². The van der Waals surface area contributed by atoms with Gasteiger partial charge in [-0.2, -0.15) is 13.2 Å². The van der Waals surface area contributed by atoms with Gasteiger partial charge >= 0.3 is 6.18 Å². The first-order valence-corrected chi connectivity index (χ1v) is 9.52. The summed E-state index contributed by atoms with van der Waals surface area (Å²) in [6.45, 7) is 6.88. The van der Waals surface area contributed by atoms with E-state index in [0.717, 1.165) is 10.7 Å². The second-order valence-electron chi connectivity index (χ2n) is 6.86. The molecule has 9 heteroatoms. The average Bonchev–Trinajstić information content (AvgIpc) is 2.92. The molecule has 26 heavy (non-hydrogen) atoms. The Morgan fingerprint density at radius 1 is 1.27 bits per heavy atom. The van der Waals surface area contributed by atoms with Crippen LogP contribution >= 0.6 is 35.3 Å². The zero-order chi connectivity index (χ0) is 18.6. The van der Waals surface area contributed by atoms with Gasteiger partial charge in [0.05, 0.1) is 18.2 Å². The number of hydrogen-bond acceptors (Lipinski definition) is 3. The quantitative estimate of drug-likeness (QED) is 0.346.